The molecule has 1 saturated heterocycles. The van der Waals surface area contributed by atoms with E-state index in [9.17, 15) is 4.79 Å². The molecular weight excluding hydrogens is 242 g/mol. The van der Waals surface area contributed by atoms with Gasteiger partial charge < -0.3 is 14.8 Å². The quantitative estimate of drug-likeness (QED) is 0.828. The molecule has 1 heterocycles. The molecule has 0 aliphatic carbocycles. The van der Waals surface area contributed by atoms with Gasteiger partial charge >= 0.3 is 0 Å². The fourth-order valence-corrected chi connectivity index (χ4v) is 2.43. The summed E-state index contributed by atoms with van der Waals surface area (Å²) in [4.78, 5) is 12.3. The van der Waals surface area contributed by atoms with E-state index in [2.05, 4.69) is 5.32 Å². The highest BCUT2D eigenvalue weighted by atomic mass is 16.5. The number of ether oxygens (including phenoxy) is 2. The first kappa shape index (κ1) is 13.9. The lowest BCUT2D eigenvalue weighted by Crippen LogP contribution is -2.28. The number of rotatable bonds is 5. The van der Waals surface area contributed by atoms with E-state index in [1.165, 1.54) is 0 Å². The van der Waals surface area contributed by atoms with E-state index in [1.807, 2.05) is 0 Å². The first-order chi connectivity index (χ1) is 9.22. The molecule has 0 unspecified atom stereocenters. The molecule has 1 aliphatic rings. The molecule has 1 aromatic carbocycles. The molecule has 4 nitrogen and oxygen atoms in total. The molecule has 0 atom stereocenters. The first-order valence-electron chi connectivity index (χ1n) is 6.70. The second-order valence-electron chi connectivity index (χ2n) is 4.92. The van der Waals surface area contributed by atoms with E-state index in [4.69, 9.17) is 9.47 Å². The molecule has 4 heteroatoms. The van der Waals surface area contributed by atoms with Crippen molar-refractivity contribution in [3.8, 4) is 11.5 Å². The van der Waals surface area contributed by atoms with Gasteiger partial charge in [0.15, 0.2) is 5.78 Å². The minimum absolute atomic E-state index is 0.170. The Morgan fingerprint density at radius 2 is 1.74 bits per heavy atom. The maximum absolute atomic E-state index is 12.3. The predicted octanol–water partition coefficient (Wildman–Crippen LogP) is 2.28. The summed E-state index contributed by atoms with van der Waals surface area (Å²) in [5, 5.41) is 3.31. The summed E-state index contributed by atoms with van der Waals surface area (Å²) in [6.45, 7) is 2.03. The van der Waals surface area contributed by atoms with Crippen LogP contribution in [0.4, 0.5) is 0 Å². The predicted molar refractivity (Wildman–Crippen MR) is 74.1 cm³/mol. The topological polar surface area (TPSA) is 47.6 Å². The number of piperidine rings is 1. The minimum atomic E-state index is 0.170. The van der Waals surface area contributed by atoms with Crippen molar-refractivity contribution in [2.75, 3.05) is 27.3 Å². The molecule has 1 fully saturated rings. The molecule has 104 valence electrons. The molecular formula is C15H21NO3. The number of methoxy groups -OCH3 is 2. The van der Waals surface area contributed by atoms with Crippen molar-refractivity contribution in [1.82, 2.24) is 5.32 Å². The Kier molecular flexibility index (Phi) is 4.80. The van der Waals surface area contributed by atoms with E-state index >= 15 is 0 Å². The highest BCUT2D eigenvalue weighted by molar-refractivity contribution is 5.97. The molecule has 1 aromatic rings. The van der Waals surface area contributed by atoms with E-state index in [0.29, 0.717) is 29.4 Å². The average Bonchev–Trinajstić information content (AvgIpc) is 2.47. The van der Waals surface area contributed by atoms with Gasteiger partial charge in [-0.2, -0.15) is 0 Å². The van der Waals surface area contributed by atoms with Gasteiger partial charge in [0.2, 0.25) is 0 Å². The van der Waals surface area contributed by atoms with Crippen LogP contribution in [-0.4, -0.2) is 33.1 Å². The number of ketones is 1. The van der Waals surface area contributed by atoms with Gasteiger partial charge in [0.1, 0.15) is 11.5 Å². The Bertz CT molecular complexity index is 417. The van der Waals surface area contributed by atoms with E-state index in [-0.39, 0.29) is 5.78 Å². The SMILES string of the molecule is COc1cc(OC)cc(C(=O)CC2CCNCC2)c1. The lowest BCUT2D eigenvalue weighted by molar-refractivity contribution is 0.0951. The Balaban J connectivity index is 2.08. The number of benzene rings is 1. The van der Waals surface area contributed by atoms with Gasteiger partial charge in [-0.25, -0.2) is 0 Å². The zero-order valence-corrected chi connectivity index (χ0v) is 11.6. The maximum Gasteiger partial charge on any atom is 0.163 e. The van der Waals surface area contributed by atoms with Gasteiger partial charge in [-0.15, -0.1) is 0 Å². The number of hydrogen-bond donors (Lipinski definition) is 1. The molecule has 2 rings (SSSR count). The summed E-state index contributed by atoms with van der Waals surface area (Å²) in [6.07, 6.45) is 2.76. The summed E-state index contributed by atoms with van der Waals surface area (Å²) in [5.74, 6) is 1.98. The van der Waals surface area contributed by atoms with Crippen molar-refractivity contribution < 1.29 is 14.3 Å². The smallest absolute Gasteiger partial charge is 0.163 e. The summed E-state index contributed by atoms with van der Waals surface area (Å²) >= 11 is 0. The highest BCUT2D eigenvalue weighted by Crippen LogP contribution is 2.25. The molecule has 0 bridgehead atoms. The zero-order valence-electron chi connectivity index (χ0n) is 11.6. The van der Waals surface area contributed by atoms with Crippen molar-refractivity contribution in [3.63, 3.8) is 0 Å². The number of hydrogen-bond acceptors (Lipinski definition) is 4. The Morgan fingerprint density at radius 1 is 1.16 bits per heavy atom. The lowest BCUT2D eigenvalue weighted by Gasteiger charge is -2.21. The third kappa shape index (κ3) is 3.70. The second kappa shape index (κ2) is 6.57. The maximum atomic E-state index is 12.3. The Labute approximate surface area is 114 Å². The molecule has 1 N–H and O–H groups in total. The average molecular weight is 263 g/mol. The van der Waals surface area contributed by atoms with Crippen LogP contribution >= 0.6 is 0 Å². The van der Waals surface area contributed by atoms with E-state index < -0.39 is 0 Å². The fourth-order valence-electron chi connectivity index (χ4n) is 2.43. The fraction of sp³-hybridized carbons (Fsp3) is 0.533. The Morgan fingerprint density at radius 3 is 2.26 bits per heavy atom. The Hall–Kier alpha value is -1.55. The standard InChI is InChI=1S/C15H21NO3/c1-18-13-8-12(9-14(10-13)19-2)15(17)7-11-3-5-16-6-4-11/h8-11,16H,3-7H2,1-2H3. The molecule has 0 spiro atoms. The van der Waals surface area contributed by atoms with Crippen LogP contribution in [0.2, 0.25) is 0 Å². The highest BCUT2D eigenvalue weighted by Gasteiger charge is 2.18. The van der Waals surface area contributed by atoms with Crippen molar-refractivity contribution >= 4 is 5.78 Å². The molecule has 0 amide bonds. The number of nitrogens with one attached hydrogen (secondary N) is 1. The summed E-state index contributed by atoms with van der Waals surface area (Å²) < 4.78 is 10.4. The molecule has 19 heavy (non-hydrogen) atoms. The third-order valence-corrected chi connectivity index (χ3v) is 3.61. The van der Waals surface area contributed by atoms with Crippen molar-refractivity contribution in [1.29, 1.82) is 0 Å². The molecule has 0 radical (unpaired) electrons. The van der Waals surface area contributed by atoms with E-state index in [1.54, 1.807) is 32.4 Å². The van der Waals surface area contributed by atoms with Gasteiger partial charge in [-0.3, -0.25) is 4.79 Å². The lowest BCUT2D eigenvalue weighted by atomic mass is 9.90. The summed E-state index contributed by atoms with van der Waals surface area (Å²) in [7, 11) is 3.19. The molecule has 0 aromatic heterocycles. The van der Waals surface area contributed by atoms with Crippen LogP contribution in [0.5, 0.6) is 11.5 Å². The van der Waals surface area contributed by atoms with Crippen LogP contribution < -0.4 is 14.8 Å². The van der Waals surface area contributed by atoms with Crippen LogP contribution in [0.25, 0.3) is 0 Å². The van der Waals surface area contributed by atoms with Crippen LogP contribution in [0.3, 0.4) is 0 Å². The van der Waals surface area contributed by atoms with Gasteiger partial charge in [-0.1, -0.05) is 0 Å². The summed E-state index contributed by atoms with van der Waals surface area (Å²) in [5.41, 5.74) is 0.676. The summed E-state index contributed by atoms with van der Waals surface area (Å²) in [6, 6.07) is 5.35. The van der Waals surface area contributed by atoms with Crippen molar-refractivity contribution in [2.45, 2.75) is 19.3 Å². The van der Waals surface area contributed by atoms with Crippen molar-refractivity contribution in [3.05, 3.63) is 23.8 Å². The number of carbonyl (C=O) groups excluding carboxylic acids is 1. The largest absolute Gasteiger partial charge is 0.497 e. The van der Waals surface area contributed by atoms with Gasteiger partial charge in [0.25, 0.3) is 0 Å². The minimum Gasteiger partial charge on any atom is -0.497 e. The number of carbonyl (C=O) groups is 1. The van der Waals surface area contributed by atoms with Crippen molar-refractivity contribution in [2.24, 2.45) is 5.92 Å². The van der Waals surface area contributed by atoms with Gasteiger partial charge in [0.05, 0.1) is 14.2 Å². The van der Waals surface area contributed by atoms with Crippen LogP contribution in [0.1, 0.15) is 29.6 Å². The molecule has 1 aliphatic heterocycles. The zero-order chi connectivity index (χ0) is 13.7. The normalized spacial score (nSPS) is 16.1. The first-order valence-corrected chi connectivity index (χ1v) is 6.70. The monoisotopic (exact) mass is 263 g/mol. The van der Waals surface area contributed by atoms with Crippen LogP contribution in [0.15, 0.2) is 18.2 Å². The van der Waals surface area contributed by atoms with E-state index in [0.717, 1.165) is 25.9 Å². The van der Waals surface area contributed by atoms with Crippen LogP contribution in [-0.2, 0) is 0 Å². The van der Waals surface area contributed by atoms with Crippen LogP contribution in [0, 0.1) is 5.92 Å². The molecule has 0 saturated carbocycles. The number of Topliss-reactive ketones (excluding diaryl/α,β-unsaturated/α-hetero) is 1. The van der Waals surface area contributed by atoms with Gasteiger partial charge in [-0.05, 0) is 44.0 Å². The van der Waals surface area contributed by atoms with Gasteiger partial charge in [0, 0.05) is 18.1 Å². The third-order valence-electron chi connectivity index (χ3n) is 3.61. The second-order valence-corrected chi connectivity index (χ2v) is 4.92.